The molecule has 0 amide bonds. The number of H-pyrrole nitrogens is 1. The lowest BCUT2D eigenvalue weighted by molar-refractivity contribution is 0.173. The van der Waals surface area contributed by atoms with E-state index in [4.69, 9.17) is 9.72 Å². The van der Waals surface area contributed by atoms with E-state index >= 15 is 0 Å². The van der Waals surface area contributed by atoms with Crippen LogP contribution in [0.1, 0.15) is 12.8 Å². The fourth-order valence-corrected chi connectivity index (χ4v) is 3.64. The third-order valence-electron chi connectivity index (χ3n) is 5.05. The van der Waals surface area contributed by atoms with Gasteiger partial charge in [-0.2, -0.15) is 0 Å². The highest BCUT2D eigenvalue weighted by Crippen LogP contribution is 2.28. The first-order chi connectivity index (χ1) is 12.9. The Morgan fingerprint density at radius 3 is 2.69 bits per heavy atom. The third-order valence-corrected chi connectivity index (χ3v) is 5.05. The summed E-state index contributed by atoms with van der Waals surface area (Å²) < 4.78 is 6.30. The van der Waals surface area contributed by atoms with Crippen LogP contribution in [0, 0.1) is 0 Å². The van der Waals surface area contributed by atoms with E-state index in [1.165, 1.54) is 0 Å². The molecule has 1 fully saturated rings. The van der Waals surface area contributed by atoms with E-state index in [9.17, 15) is 0 Å². The van der Waals surface area contributed by atoms with Crippen LogP contribution in [0.25, 0.3) is 21.9 Å². The molecule has 2 aromatic heterocycles. The second-order valence-electron chi connectivity index (χ2n) is 6.72. The van der Waals surface area contributed by atoms with Crippen molar-refractivity contribution in [3.05, 3.63) is 60.9 Å². The van der Waals surface area contributed by atoms with Crippen LogP contribution in [0.15, 0.2) is 60.9 Å². The fourth-order valence-electron chi connectivity index (χ4n) is 3.64. The molecule has 3 heterocycles. The number of nitrogens with one attached hydrogen (secondary N) is 1. The summed E-state index contributed by atoms with van der Waals surface area (Å²) in [5, 5.41) is 1.15. The molecule has 1 aliphatic rings. The molecule has 1 saturated heterocycles. The summed E-state index contributed by atoms with van der Waals surface area (Å²) in [6.45, 7) is 1.86. The van der Waals surface area contributed by atoms with Crippen molar-refractivity contribution < 1.29 is 4.74 Å². The minimum absolute atomic E-state index is 0.236. The molecule has 0 spiro atoms. The largest absolute Gasteiger partial charge is 0.490 e. The highest BCUT2D eigenvalue weighted by Gasteiger charge is 2.22. The number of hydrogen-bond donors (Lipinski definition) is 1. The zero-order valence-electron chi connectivity index (χ0n) is 14.4. The van der Waals surface area contributed by atoms with Crippen LogP contribution in [0.2, 0.25) is 0 Å². The van der Waals surface area contributed by atoms with Gasteiger partial charge in [0.1, 0.15) is 17.7 Å². The standard InChI is InChI=1S/C21H20N4O/c1-2-5-19-18(4-1)23-14-21(24-19)25-12-9-15(10-13-25)26-20-7-3-6-17-16(20)8-11-22-17/h1-8,11,14-15,22H,9-10,12-13H2. The second kappa shape index (κ2) is 6.33. The lowest BCUT2D eigenvalue weighted by Gasteiger charge is -2.33. The third kappa shape index (κ3) is 2.75. The highest BCUT2D eigenvalue weighted by molar-refractivity contribution is 5.85. The molecule has 5 nitrogen and oxygen atoms in total. The molecule has 2 aromatic carbocycles. The Bertz CT molecular complexity index is 1050. The lowest BCUT2D eigenvalue weighted by Crippen LogP contribution is -2.38. The van der Waals surface area contributed by atoms with E-state index < -0.39 is 0 Å². The van der Waals surface area contributed by atoms with Gasteiger partial charge in [-0.25, -0.2) is 4.98 Å². The van der Waals surface area contributed by atoms with Gasteiger partial charge in [0.2, 0.25) is 0 Å². The fraction of sp³-hybridized carbons (Fsp3) is 0.238. The van der Waals surface area contributed by atoms with Gasteiger partial charge < -0.3 is 14.6 Å². The van der Waals surface area contributed by atoms with Gasteiger partial charge in [-0.1, -0.05) is 18.2 Å². The molecule has 0 aliphatic carbocycles. The number of anilines is 1. The summed E-state index contributed by atoms with van der Waals surface area (Å²) in [5.74, 6) is 1.92. The Kier molecular flexibility index (Phi) is 3.70. The van der Waals surface area contributed by atoms with Gasteiger partial charge >= 0.3 is 0 Å². The van der Waals surface area contributed by atoms with Crippen LogP contribution >= 0.6 is 0 Å². The van der Waals surface area contributed by atoms with Crippen molar-refractivity contribution in [2.75, 3.05) is 18.0 Å². The molecule has 5 heteroatoms. The monoisotopic (exact) mass is 344 g/mol. The summed E-state index contributed by atoms with van der Waals surface area (Å²) in [7, 11) is 0. The summed E-state index contributed by atoms with van der Waals surface area (Å²) in [5.41, 5.74) is 3.00. The van der Waals surface area contributed by atoms with Gasteiger partial charge in [0.25, 0.3) is 0 Å². The predicted octanol–water partition coefficient (Wildman–Crippen LogP) is 4.16. The number of nitrogens with zero attached hydrogens (tertiary/aromatic N) is 3. The first kappa shape index (κ1) is 15.2. The van der Waals surface area contributed by atoms with E-state index in [1.807, 2.05) is 42.7 Å². The maximum absolute atomic E-state index is 6.30. The molecule has 4 aromatic rings. The first-order valence-corrected chi connectivity index (χ1v) is 9.06. The van der Waals surface area contributed by atoms with Crippen molar-refractivity contribution >= 4 is 27.8 Å². The van der Waals surface area contributed by atoms with Crippen molar-refractivity contribution in [1.82, 2.24) is 15.0 Å². The topological polar surface area (TPSA) is 54.0 Å². The number of ether oxygens (including phenoxy) is 1. The SMILES string of the molecule is c1ccc2nc(N3CCC(Oc4cccc5[nH]ccc45)CC3)cnc2c1. The normalized spacial score (nSPS) is 15.6. The first-order valence-electron chi connectivity index (χ1n) is 9.06. The van der Waals surface area contributed by atoms with Crippen molar-refractivity contribution in [2.45, 2.75) is 18.9 Å². The minimum Gasteiger partial charge on any atom is -0.490 e. The number of aromatic nitrogens is 3. The Morgan fingerprint density at radius 1 is 0.962 bits per heavy atom. The Morgan fingerprint density at radius 2 is 1.81 bits per heavy atom. The quantitative estimate of drug-likeness (QED) is 0.606. The molecule has 0 radical (unpaired) electrons. The molecule has 0 atom stereocenters. The molecule has 0 saturated carbocycles. The number of aromatic amines is 1. The average molecular weight is 344 g/mol. The van der Waals surface area contributed by atoms with Crippen LogP contribution in [-0.2, 0) is 0 Å². The van der Waals surface area contributed by atoms with E-state index in [1.54, 1.807) is 0 Å². The van der Waals surface area contributed by atoms with Crippen LogP contribution in [0.5, 0.6) is 5.75 Å². The van der Waals surface area contributed by atoms with E-state index in [0.29, 0.717) is 0 Å². The highest BCUT2D eigenvalue weighted by atomic mass is 16.5. The molecule has 130 valence electrons. The van der Waals surface area contributed by atoms with Crippen molar-refractivity contribution in [3.8, 4) is 5.75 Å². The summed E-state index contributed by atoms with van der Waals surface area (Å²) in [4.78, 5) is 14.8. The predicted molar refractivity (Wildman–Crippen MR) is 104 cm³/mol. The van der Waals surface area contributed by atoms with Crippen LogP contribution < -0.4 is 9.64 Å². The smallest absolute Gasteiger partial charge is 0.147 e. The van der Waals surface area contributed by atoms with Gasteiger partial charge in [-0.05, 0) is 30.3 Å². The molecule has 26 heavy (non-hydrogen) atoms. The zero-order chi connectivity index (χ0) is 17.3. The molecular formula is C21H20N4O. The Hall–Kier alpha value is -3.08. The number of rotatable bonds is 3. The number of fused-ring (bicyclic) bond motifs is 2. The van der Waals surface area contributed by atoms with Gasteiger partial charge in [0.05, 0.1) is 17.2 Å². The van der Waals surface area contributed by atoms with Crippen molar-refractivity contribution in [2.24, 2.45) is 0 Å². The van der Waals surface area contributed by atoms with E-state index in [2.05, 4.69) is 33.1 Å². The maximum Gasteiger partial charge on any atom is 0.147 e. The number of piperidine rings is 1. The molecule has 1 N–H and O–H groups in total. The van der Waals surface area contributed by atoms with Gasteiger partial charge in [0, 0.05) is 43.0 Å². The molecular weight excluding hydrogens is 324 g/mol. The average Bonchev–Trinajstić information content (AvgIpc) is 3.18. The van der Waals surface area contributed by atoms with E-state index in [0.717, 1.165) is 59.4 Å². The number of hydrogen-bond acceptors (Lipinski definition) is 4. The summed E-state index contributed by atoms with van der Waals surface area (Å²) in [6, 6.07) is 16.2. The Labute approximate surface area is 151 Å². The van der Waals surface area contributed by atoms with Crippen LogP contribution in [0.4, 0.5) is 5.82 Å². The molecule has 1 aliphatic heterocycles. The second-order valence-corrected chi connectivity index (χ2v) is 6.72. The number of benzene rings is 2. The Balaban J connectivity index is 1.29. The summed E-state index contributed by atoms with van der Waals surface area (Å²) in [6.07, 6.45) is 6.04. The van der Waals surface area contributed by atoms with Gasteiger partial charge in [-0.3, -0.25) is 4.98 Å². The van der Waals surface area contributed by atoms with Crippen LogP contribution in [-0.4, -0.2) is 34.1 Å². The molecule has 0 bridgehead atoms. The lowest BCUT2D eigenvalue weighted by atomic mass is 10.1. The van der Waals surface area contributed by atoms with Crippen molar-refractivity contribution in [3.63, 3.8) is 0 Å². The molecule has 5 rings (SSSR count). The van der Waals surface area contributed by atoms with Crippen molar-refractivity contribution in [1.29, 1.82) is 0 Å². The number of para-hydroxylation sites is 2. The van der Waals surface area contributed by atoms with Crippen LogP contribution in [0.3, 0.4) is 0 Å². The maximum atomic E-state index is 6.30. The van der Waals surface area contributed by atoms with E-state index in [-0.39, 0.29) is 6.10 Å². The van der Waals surface area contributed by atoms with Gasteiger partial charge in [-0.15, -0.1) is 0 Å². The van der Waals surface area contributed by atoms with Gasteiger partial charge in [0.15, 0.2) is 0 Å². The molecule has 0 unspecified atom stereocenters. The zero-order valence-corrected chi connectivity index (χ0v) is 14.4. The summed E-state index contributed by atoms with van der Waals surface area (Å²) >= 11 is 0. The minimum atomic E-state index is 0.236.